The molecule has 2 rings (SSSR count). The Morgan fingerprint density at radius 2 is 1.79 bits per heavy atom. The van der Waals surface area contributed by atoms with Crippen LogP contribution in [0.15, 0.2) is 42.5 Å². The summed E-state index contributed by atoms with van der Waals surface area (Å²) in [6, 6.07) is 13.2. The van der Waals surface area contributed by atoms with E-state index < -0.39 is 11.8 Å². The summed E-state index contributed by atoms with van der Waals surface area (Å²) in [5.41, 5.74) is 3.65. The lowest BCUT2D eigenvalue weighted by Gasteiger charge is -2.10. The molecule has 0 aliphatic carbocycles. The Bertz CT molecular complexity index is 741. The number of methoxy groups -OCH3 is 1. The van der Waals surface area contributed by atoms with Crippen LogP contribution in [0.2, 0.25) is 0 Å². The third-order valence-corrected chi connectivity index (χ3v) is 3.71. The van der Waals surface area contributed by atoms with Crippen LogP contribution in [-0.2, 0) is 16.0 Å². The smallest absolute Gasteiger partial charge is 0.313 e. The Morgan fingerprint density at radius 1 is 1.04 bits per heavy atom. The SMILES string of the molecule is COc1ccccc1CCNC(=O)C(=O)Nc1ccc(C)cc1C. The Kier molecular flexibility index (Phi) is 5.95. The number of rotatable bonds is 5. The van der Waals surface area contributed by atoms with Gasteiger partial charge in [-0.25, -0.2) is 0 Å². The average molecular weight is 326 g/mol. The minimum absolute atomic E-state index is 0.361. The third kappa shape index (κ3) is 4.59. The molecule has 0 radical (unpaired) electrons. The predicted octanol–water partition coefficient (Wildman–Crippen LogP) is 2.61. The molecule has 24 heavy (non-hydrogen) atoms. The van der Waals surface area contributed by atoms with E-state index in [-0.39, 0.29) is 0 Å². The molecule has 0 spiro atoms. The number of benzene rings is 2. The van der Waals surface area contributed by atoms with Crippen LogP contribution >= 0.6 is 0 Å². The minimum Gasteiger partial charge on any atom is -0.496 e. The number of carbonyl (C=O) groups is 2. The van der Waals surface area contributed by atoms with Gasteiger partial charge in [0.1, 0.15) is 5.75 Å². The minimum atomic E-state index is -0.665. The van der Waals surface area contributed by atoms with Crippen molar-refractivity contribution in [2.75, 3.05) is 19.0 Å². The summed E-state index contributed by atoms with van der Waals surface area (Å²) in [5, 5.41) is 5.26. The van der Waals surface area contributed by atoms with Crippen LogP contribution in [0.3, 0.4) is 0 Å². The maximum Gasteiger partial charge on any atom is 0.313 e. The van der Waals surface area contributed by atoms with Crippen LogP contribution in [0.4, 0.5) is 5.69 Å². The summed E-state index contributed by atoms with van der Waals surface area (Å²) in [5.74, 6) is -0.543. The quantitative estimate of drug-likeness (QED) is 0.830. The second kappa shape index (κ2) is 8.15. The summed E-state index contributed by atoms with van der Waals surface area (Å²) < 4.78 is 5.26. The molecule has 0 aliphatic heterocycles. The van der Waals surface area contributed by atoms with Crippen molar-refractivity contribution < 1.29 is 14.3 Å². The zero-order chi connectivity index (χ0) is 17.5. The molecule has 0 atom stereocenters. The maximum absolute atomic E-state index is 12.0. The number of carbonyl (C=O) groups excluding carboxylic acids is 2. The van der Waals surface area contributed by atoms with Crippen molar-refractivity contribution in [2.24, 2.45) is 0 Å². The topological polar surface area (TPSA) is 67.4 Å². The van der Waals surface area contributed by atoms with Crippen LogP contribution in [0.25, 0.3) is 0 Å². The van der Waals surface area contributed by atoms with Crippen molar-refractivity contribution in [2.45, 2.75) is 20.3 Å². The molecule has 0 fully saturated rings. The number of hydrogen-bond donors (Lipinski definition) is 2. The molecule has 2 amide bonds. The normalized spacial score (nSPS) is 10.1. The molecule has 0 saturated heterocycles. The second-order valence-electron chi connectivity index (χ2n) is 5.59. The molecule has 5 heteroatoms. The first-order chi connectivity index (χ1) is 11.5. The largest absolute Gasteiger partial charge is 0.496 e. The van der Waals surface area contributed by atoms with Crippen molar-refractivity contribution in [3.05, 3.63) is 59.2 Å². The lowest BCUT2D eigenvalue weighted by Crippen LogP contribution is -2.36. The zero-order valence-corrected chi connectivity index (χ0v) is 14.2. The number of hydrogen-bond acceptors (Lipinski definition) is 3. The summed E-state index contributed by atoms with van der Waals surface area (Å²) in [7, 11) is 1.61. The van der Waals surface area contributed by atoms with Gasteiger partial charge in [-0.15, -0.1) is 0 Å². The summed E-state index contributed by atoms with van der Waals surface area (Å²) in [6.07, 6.45) is 0.590. The highest BCUT2D eigenvalue weighted by molar-refractivity contribution is 6.39. The van der Waals surface area contributed by atoms with Gasteiger partial charge in [-0.2, -0.15) is 0 Å². The molecule has 0 aromatic heterocycles. The number of aryl methyl sites for hydroxylation is 2. The molecule has 5 nitrogen and oxygen atoms in total. The molecule has 0 saturated carbocycles. The summed E-state index contributed by atoms with van der Waals surface area (Å²) >= 11 is 0. The van der Waals surface area contributed by atoms with E-state index in [0.717, 1.165) is 22.4 Å². The number of para-hydroxylation sites is 1. The Labute approximate surface area is 142 Å². The number of nitrogens with one attached hydrogen (secondary N) is 2. The first-order valence-corrected chi connectivity index (χ1v) is 7.79. The maximum atomic E-state index is 12.0. The number of amides is 2. The van der Waals surface area contributed by atoms with Gasteiger partial charge in [0.15, 0.2) is 0 Å². The van der Waals surface area contributed by atoms with Gasteiger partial charge in [-0.05, 0) is 43.5 Å². The number of anilines is 1. The van der Waals surface area contributed by atoms with E-state index in [4.69, 9.17) is 4.74 Å². The average Bonchev–Trinajstić information content (AvgIpc) is 2.57. The lowest BCUT2D eigenvalue weighted by atomic mass is 10.1. The Hall–Kier alpha value is -2.82. The Morgan fingerprint density at radius 3 is 2.50 bits per heavy atom. The highest BCUT2D eigenvalue weighted by atomic mass is 16.5. The highest BCUT2D eigenvalue weighted by Crippen LogP contribution is 2.17. The van der Waals surface area contributed by atoms with Crippen molar-refractivity contribution in [1.29, 1.82) is 0 Å². The fourth-order valence-corrected chi connectivity index (χ4v) is 2.43. The lowest BCUT2D eigenvalue weighted by molar-refractivity contribution is -0.136. The van der Waals surface area contributed by atoms with Crippen LogP contribution < -0.4 is 15.4 Å². The van der Waals surface area contributed by atoms with Gasteiger partial charge in [0.05, 0.1) is 7.11 Å². The van der Waals surface area contributed by atoms with Crippen molar-refractivity contribution in [3.8, 4) is 5.75 Å². The van der Waals surface area contributed by atoms with E-state index in [1.54, 1.807) is 13.2 Å². The standard InChI is InChI=1S/C19H22N2O3/c1-13-8-9-16(14(2)12-13)21-19(23)18(22)20-11-10-15-6-4-5-7-17(15)24-3/h4-9,12H,10-11H2,1-3H3,(H,20,22)(H,21,23). The van der Waals surface area contributed by atoms with Crippen LogP contribution in [0.1, 0.15) is 16.7 Å². The van der Waals surface area contributed by atoms with Gasteiger partial charge in [0.25, 0.3) is 0 Å². The Balaban J connectivity index is 1.87. The van der Waals surface area contributed by atoms with E-state index in [2.05, 4.69) is 10.6 Å². The second-order valence-corrected chi connectivity index (χ2v) is 5.59. The fraction of sp³-hybridized carbons (Fsp3) is 0.263. The van der Waals surface area contributed by atoms with Gasteiger partial charge in [-0.3, -0.25) is 9.59 Å². The monoisotopic (exact) mass is 326 g/mol. The van der Waals surface area contributed by atoms with Crippen LogP contribution in [-0.4, -0.2) is 25.5 Å². The molecule has 0 heterocycles. The van der Waals surface area contributed by atoms with E-state index in [1.807, 2.05) is 50.2 Å². The summed E-state index contributed by atoms with van der Waals surface area (Å²) in [4.78, 5) is 23.9. The van der Waals surface area contributed by atoms with Crippen LogP contribution in [0, 0.1) is 13.8 Å². The molecule has 0 bridgehead atoms. The molecular weight excluding hydrogens is 304 g/mol. The fourth-order valence-electron chi connectivity index (χ4n) is 2.43. The highest BCUT2D eigenvalue weighted by Gasteiger charge is 2.14. The van der Waals surface area contributed by atoms with E-state index in [1.165, 1.54) is 0 Å². The van der Waals surface area contributed by atoms with Crippen LogP contribution in [0.5, 0.6) is 5.75 Å². The van der Waals surface area contributed by atoms with E-state index >= 15 is 0 Å². The third-order valence-electron chi connectivity index (χ3n) is 3.71. The molecule has 0 aliphatic rings. The van der Waals surface area contributed by atoms with Crippen molar-refractivity contribution in [3.63, 3.8) is 0 Å². The predicted molar refractivity (Wildman–Crippen MR) is 94.3 cm³/mol. The van der Waals surface area contributed by atoms with Crippen molar-refractivity contribution >= 4 is 17.5 Å². The molecule has 2 aromatic carbocycles. The van der Waals surface area contributed by atoms with Gasteiger partial charge in [-0.1, -0.05) is 35.9 Å². The summed E-state index contributed by atoms with van der Waals surface area (Å²) in [6.45, 7) is 4.23. The van der Waals surface area contributed by atoms with Gasteiger partial charge >= 0.3 is 11.8 Å². The first-order valence-electron chi connectivity index (χ1n) is 7.79. The van der Waals surface area contributed by atoms with E-state index in [0.29, 0.717) is 18.7 Å². The first kappa shape index (κ1) is 17.5. The molecular formula is C19H22N2O3. The van der Waals surface area contributed by atoms with E-state index in [9.17, 15) is 9.59 Å². The molecule has 2 aromatic rings. The van der Waals surface area contributed by atoms with Gasteiger partial charge in [0.2, 0.25) is 0 Å². The zero-order valence-electron chi connectivity index (χ0n) is 14.2. The number of ether oxygens (including phenoxy) is 1. The van der Waals surface area contributed by atoms with Gasteiger partial charge < -0.3 is 15.4 Å². The molecule has 2 N–H and O–H groups in total. The molecule has 0 unspecified atom stereocenters. The van der Waals surface area contributed by atoms with Gasteiger partial charge in [0, 0.05) is 12.2 Å². The molecule has 126 valence electrons. The van der Waals surface area contributed by atoms with Crippen molar-refractivity contribution in [1.82, 2.24) is 5.32 Å².